The van der Waals surface area contributed by atoms with E-state index in [4.69, 9.17) is 0 Å². The Morgan fingerprint density at radius 2 is 1.53 bits per heavy atom. The molecule has 5 aliphatic rings. The van der Waals surface area contributed by atoms with E-state index in [0.29, 0.717) is 0 Å². The van der Waals surface area contributed by atoms with Gasteiger partial charge in [0.05, 0.1) is 0 Å². The monoisotopic (exact) mass is 205 g/mol. The molecule has 0 atom stereocenters. The van der Waals surface area contributed by atoms with Gasteiger partial charge in [0.2, 0.25) is 0 Å². The van der Waals surface area contributed by atoms with E-state index in [9.17, 15) is 0 Å². The van der Waals surface area contributed by atoms with Crippen LogP contribution in [0.15, 0.2) is 0 Å². The first-order valence-electron chi connectivity index (χ1n) is 7.07. The molecule has 1 spiro atoms. The van der Waals surface area contributed by atoms with Crippen LogP contribution >= 0.6 is 0 Å². The number of hydrogen-bond acceptors (Lipinski definition) is 1. The largest absolute Gasteiger partial charge is 0.316 e. The maximum Gasteiger partial charge on any atom is 0.00131 e. The Kier molecular flexibility index (Phi) is 1.81. The van der Waals surface area contributed by atoms with Crippen LogP contribution in [0.1, 0.15) is 44.9 Å². The van der Waals surface area contributed by atoms with Gasteiger partial charge in [0, 0.05) is 6.54 Å². The minimum absolute atomic E-state index is 0.770. The van der Waals surface area contributed by atoms with Crippen molar-refractivity contribution in [3.05, 3.63) is 0 Å². The van der Waals surface area contributed by atoms with Crippen LogP contribution < -0.4 is 5.32 Å². The molecule has 15 heavy (non-hydrogen) atoms. The Morgan fingerprint density at radius 3 is 2.07 bits per heavy atom. The molecule has 1 N–H and O–H groups in total. The Hall–Kier alpha value is -0.0400. The van der Waals surface area contributed by atoms with Gasteiger partial charge in [0.1, 0.15) is 0 Å². The fourth-order valence-electron chi connectivity index (χ4n) is 5.77. The van der Waals surface area contributed by atoms with E-state index in [2.05, 4.69) is 5.32 Å². The van der Waals surface area contributed by atoms with Crippen LogP contribution in [0.5, 0.6) is 0 Å². The topological polar surface area (TPSA) is 12.0 Å². The van der Waals surface area contributed by atoms with E-state index in [1.807, 2.05) is 0 Å². The zero-order valence-electron chi connectivity index (χ0n) is 9.67. The summed E-state index contributed by atoms with van der Waals surface area (Å²) in [7, 11) is 0. The predicted molar refractivity (Wildman–Crippen MR) is 61.6 cm³/mol. The van der Waals surface area contributed by atoms with Crippen LogP contribution in [-0.2, 0) is 0 Å². The van der Waals surface area contributed by atoms with Crippen molar-refractivity contribution in [1.29, 1.82) is 0 Å². The fraction of sp³-hybridized carbons (Fsp3) is 1.00. The van der Waals surface area contributed by atoms with E-state index >= 15 is 0 Å². The second-order valence-corrected chi connectivity index (χ2v) is 6.82. The average Bonchev–Trinajstić information content (AvgIpc) is 2.26. The van der Waals surface area contributed by atoms with Crippen molar-refractivity contribution in [2.45, 2.75) is 44.9 Å². The van der Waals surface area contributed by atoms with Crippen LogP contribution in [0, 0.1) is 29.1 Å². The van der Waals surface area contributed by atoms with Crippen LogP contribution in [0.25, 0.3) is 0 Å². The molecule has 0 radical (unpaired) electrons. The highest BCUT2D eigenvalue weighted by Crippen LogP contribution is 2.63. The lowest BCUT2D eigenvalue weighted by atomic mass is 9.44. The molecule has 0 amide bonds. The van der Waals surface area contributed by atoms with Gasteiger partial charge in [-0.2, -0.15) is 0 Å². The quantitative estimate of drug-likeness (QED) is 0.641. The van der Waals surface area contributed by atoms with Gasteiger partial charge in [-0.1, -0.05) is 0 Å². The number of nitrogens with one attached hydrogen (secondary N) is 1. The first-order valence-corrected chi connectivity index (χ1v) is 7.07. The van der Waals surface area contributed by atoms with Crippen molar-refractivity contribution >= 4 is 0 Å². The number of hydrogen-bond donors (Lipinski definition) is 1. The van der Waals surface area contributed by atoms with Crippen LogP contribution in [-0.4, -0.2) is 13.1 Å². The summed E-state index contributed by atoms with van der Waals surface area (Å²) in [6.45, 7) is 2.65. The minimum atomic E-state index is 0.770. The fourth-order valence-corrected chi connectivity index (χ4v) is 5.77. The number of piperidine rings is 1. The molecule has 1 nitrogen and oxygen atoms in total. The normalized spacial score (nSPS) is 57.6. The molecule has 1 heteroatoms. The molecule has 84 valence electrons. The first-order chi connectivity index (χ1) is 7.37. The van der Waals surface area contributed by atoms with Gasteiger partial charge in [-0.05, 0) is 80.6 Å². The Bertz CT molecular complexity index is 235. The van der Waals surface area contributed by atoms with E-state index in [-0.39, 0.29) is 0 Å². The van der Waals surface area contributed by atoms with E-state index < -0.39 is 0 Å². The summed E-state index contributed by atoms with van der Waals surface area (Å²) >= 11 is 0. The van der Waals surface area contributed by atoms with Crippen molar-refractivity contribution in [3.8, 4) is 0 Å². The third-order valence-electron chi connectivity index (χ3n) is 6.21. The summed E-state index contributed by atoms with van der Waals surface area (Å²) in [6.07, 6.45) is 11.0. The number of rotatable bonds is 0. The second-order valence-electron chi connectivity index (χ2n) is 6.82. The molecular weight excluding hydrogens is 182 g/mol. The predicted octanol–water partition coefficient (Wildman–Crippen LogP) is 2.81. The Morgan fingerprint density at radius 1 is 0.867 bits per heavy atom. The molecule has 1 saturated heterocycles. The third-order valence-corrected chi connectivity index (χ3v) is 6.21. The molecule has 0 unspecified atom stereocenters. The lowest BCUT2D eigenvalue weighted by molar-refractivity contribution is -0.118. The van der Waals surface area contributed by atoms with Gasteiger partial charge in [-0.25, -0.2) is 0 Å². The zero-order valence-corrected chi connectivity index (χ0v) is 9.67. The summed E-state index contributed by atoms with van der Waals surface area (Å²) in [4.78, 5) is 0. The molecule has 1 heterocycles. The summed E-state index contributed by atoms with van der Waals surface area (Å²) in [5, 5.41) is 3.70. The lowest BCUT2D eigenvalue weighted by Gasteiger charge is -2.62. The van der Waals surface area contributed by atoms with Crippen molar-refractivity contribution in [3.63, 3.8) is 0 Å². The summed E-state index contributed by atoms with van der Waals surface area (Å²) < 4.78 is 0. The van der Waals surface area contributed by atoms with Gasteiger partial charge in [0.15, 0.2) is 0 Å². The van der Waals surface area contributed by atoms with E-state index in [1.165, 1.54) is 19.5 Å². The molecule has 1 aliphatic heterocycles. The zero-order chi connectivity index (χ0) is 9.88. The van der Waals surface area contributed by atoms with Gasteiger partial charge in [-0.15, -0.1) is 0 Å². The standard InChI is InChI=1S/C14H23N/c1-2-14(9-15-3-1)12-5-10-4-11(7-12)8-13(14)6-10/h10-13,15H,1-9H2. The Labute approximate surface area is 93.0 Å². The smallest absolute Gasteiger partial charge is 0.00131 e. The van der Waals surface area contributed by atoms with Crippen molar-refractivity contribution in [2.75, 3.05) is 13.1 Å². The van der Waals surface area contributed by atoms with Crippen molar-refractivity contribution in [2.24, 2.45) is 29.1 Å². The van der Waals surface area contributed by atoms with Gasteiger partial charge in [0.25, 0.3) is 0 Å². The maximum absolute atomic E-state index is 3.70. The van der Waals surface area contributed by atoms with Gasteiger partial charge in [-0.3, -0.25) is 0 Å². The third kappa shape index (κ3) is 1.13. The van der Waals surface area contributed by atoms with Crippen LogP contribution in [0.3, 0.4) is 0 Å². The first kappa shape index (κ1) is 9.04. The van der Waals surface area contributed by atoms with Crippen molar-refractivity contribution < 1.29 is 0 Å². The van der Waals surface area contributed by atoms with Gasteiger partial charge >= 0.3 is 0 Å². The molecular formula is C14H23N. The van der Waals surface area contributed by atoms with Gasteiger partial charge < -0.3 is 5.32 Å². The SMILES string of the molecule is C1CNCC2(C1)C1CC3CC(C1)CC2C3. The molecule has 4 aliphatic carbocycles. The molecule has 0 aromatic heterocycles. The Balaban J connectivity index is 1.69. The molecule has 5 rings (SSSR count). The highest BCUT2D eigenvalue weighted by molar-refractivity contribution is 5.07. The molecule has 4 saturated carbocycles. The molecule has 0 aromatic carbocycles. The summed E-state index contributed by atoms with van der Waals surface area (Å²) in [5.41, 5.74) is 0.770. The molecule has 4 bridgehead atoms. The molecule has 5 fully saturated rings. The van der Waals surface area contributed by atoms with Crippen LogP contribution in [0.4, 0.5) is 0 Å². The summed E-state index contributed by atoms with van der Waals surface area (Å²) in [6, 6.07) is 0. The lowest BCUT2D eigenvalue weighted by Crippen LogP contribution is -2.58. The average molecular weight is 205 g/mol. The maximum atomic E-state index is 3.70. The van der Waals surface area contributed by atoms with E-state index in [0.717, 1.165) is 29.1 Å². The highest BCUT2D eigenvalue weighted by atomic mass is 14.9. The second kappa shape index (κ2) is 3.00. The highest BCUT2D eigenvalue weighted by Gasteiger charge is 2.56. The molecule has 0 aromatic rings. The van der Waals surface area contributed by atoms with Crippen LogP contribution in [0.2, 0.25) is 0 Å². The van der Waals surface area contributed by atoms with Crippen molar-refractivity contribution in [1.82, 2.24) is 5.32 Å². The van der Waals surface area contributed by atoms with E-state index in [1.54, 1.807) is 38.5 Å². The minimum Gasteiger partial charge on any atom is -0.316 e. The summed E-state index contributed by atoms with van der Waals surface area (Å²) in [5.74, 6) is 4.50.